The summed E-state index contributed by atoms with van der Waals surface area (Å²) in [4.78, 5) is 14.9. The molecule has 3 rings (SSSR count). The zero-order valence-corrected chi connectivity index (χ0v) is 18.1. The Morgan fingerprint density at radius 2 is 1.77 bits per heavy atom. The highest BCUT2D eigenvalue weighted by molar-refractivity contribution is 7.90. The largest absolute Gasteiger partial charge is 0.382 e. The summed E-state index contributed by atoms with van der Waals surface area (Å²) in [7, 11) is -0.681. The van der Waals surface area contributed by atoms with Crippen LogP contribution in [0.3, 0.4) is 0 Å². The number of hydrogen-bond donors (Lipinski definition) is 0. The number of fused-ring (bicyclic) bond motifs is 1. The molecule has 0 aliphatic rings. The van der Waals surface area contributed by atoms with Gasteiger partial charge in [-0.15, -0.1) is 0 Å². The van der Waals surface area contributed by atoms with E-state index in [1.165, 1.54) is 18.3 Å². The molecule has 30 heavy (non-hydrogen) atoms. The van der Waals surface area contributed by atoms with Gasteiger partial charge in [0.05, 0.1) is 10.4 Å². The predicted octanol–water partition coefficient (Wildman–Crippen LogP) is 4.15. The molecule has 6 nitrogen and oxygen atoms in total. The minimum Gasteiger partial charge on any atom is -0.382 e. The van der Waals surface area contributed by atoms with Crippen LogP contribution in [0.5, 0.6) is 0 Å². The standard InChI is InChI=1S/C23H23N3O3S/c1-16(2)19-11-8-12-21-20(19)13-22(23(27)17(14-24)15-25(3)4)26(21)30(28,29)18-9-6-5-7-10-18/h5-13,15-16H,1-4H3/b17-15+. The lowest BCUT2D eigenvalue weighted by Crippen LogP contribution is -2.20. The van der Waals surface area contributed by atoms with Gasteiger partial charge in [-0.05, 0) is 35.7 Å². The summed E-state index contributed by atoms with van der Waals surface area (Å²) in [5, 5.41) is 10.2. The van der Waals surface area contributed by atoms with Gasteiger partial charge in [0.2, 0.25) is 5.78 Å². The molecule has 0 amide bonds. The summed E-state index contributed by atoms with van der Waals surface area (Å²) in [6.45, 7) is 4.01. The van der Waals surface area contributed by atoms with Crippen LogP contribution in [0.2, 0.25) is 0 Å². The Bertz CT molecular complexity index is 1280. The monoisotopic (exact) mass is 421 g/mol. The molecule has 0 aliphatic heterocycles. The van der Waals surface area contributed by atoms with Gasteiger partial charge < -0.3 is 4.90 Å². The van der Waals surface area contributed by atoms with Crippen molar-refractivity contribution < 1.29 is 13.2 Å². The summed E-state index contributed by atoms with van der Waals surface area (Å²) in [6, 6.07) is 16.8. The SMILES string of the molecule is CC(C)c1cccc2c1cc(C(=O)/C(C#N)=C/N(C)C)n2S(=O)(=O)c1ccccc1. The van der Waals surface area contributed by atoms with Crippen LogP contribution >= 0.6 is 0 Å². The first-order valence-electron chi connectivity index (χ1n) is 9.46. The van der Waals surface area contributed by atoms with Crippen molar-refractivity contribution in [1.82, 2.24) is 8.87 Å². The van der Waals surface area contributed by atoms with Crippen LogP contribution < -0.4 is 0 Å². The average Bonchev–Trinajstić information content (AvgIpc) is 3.12. The summed E-state index contributed by atoms with van der Waals surface area (Å²) >= 11 is 0. The molecule has 1 aromatic heterocycles. The molecule has 0 N–H and O–H groups in total. The minimum absolute atomic E-state index is 0.0587. The molecule has 3 aromatic rings. The van der Waals surface area contributed by atoms with Gasteiger partial charge in [-0.3, -0.25) is 4.79 Å². The molecule has 154 valence electrons. The number of carbonyl (C=O) groups excluding carboxylic acids is 1. The van der Waals surface area contributed by atoms with Gasteiger partial charge in [-0.1, -0.05) is 44.2 Å². The van der Waals surface area contributed by atoms with E-state index in [-0.39, 0.29) is 22.1 Å². The summed E-state index contributed by atoms with van der Waals surface area (Å²) < 4.78 is 28.2. The Balaban J connectivity index is 2.41. The van der Waals surface area contributed by atoms with Gasteiger partial charge >= 0.3 is 0 Å². The third-order valence-electron chi connectivity index (χ3n) is 4.72. The lowest BCUT2D eigenvalue weighted by Gasteiger charge is -2.13. The topological polar surface area (TPSA) is 83.2 Å². The van der Waals surface area contributed by atoms with Crippen LogP contribution in [0.15, 0.2) is 71.3 Å². The first kappa shape index (κ1) is 21.3. The minimum atomic E-state index is -4.06. The van der Waals surface area contributed by atoms with Gasteiger partial charge in [0.1, 0.15) is 17.3 Å². The number of aromatic nitrogens is 1. The number of rotatable bonds is 6. The number of carbonyl (C=O) groups is 1. The second-order valence-corrected chi connectivity index (χ2v) is 9.28. The first-order chi connectivity index (χ1) is 14.2. The van der Waals surface area contributed by atoms with Crippen molar-refractivity contribution in [2.24, 2.45) is 0 Å². The van der Waals surface area contributed by atoms with Gasteiger partial charge in [-0.25, -0.2) is 12.4 Å². The first-order valence-corrected chi connectivity index (χ1v) is 10.9. The average molecular weight is 422 g/mol. The molecule has 7 heteroatoms. The summed E-state index contributed by atoms with van der Waals surface area (Å²) in [6.07, 6.45) is 1.39. The zero-order valence-electron chi connectivity index (χ0n) is 17.3. The highest BCUT2D eigenvalue weighted by Crippen LogP contribution is 2.32. The zero-order chi connectivity index (χ0) is 22.1. The molecule has 0 unspecified atom stereocenters. The third kappa shape index (κ3) is 3.74. The second-order valence-electron chi connectivity index (χ2n) is 7.49. The van der Waals surface area contributed by atoms with E-state index < -0.39 is 15.8 Å². The molecule has 1 heterocycles. The maximum absolute atomic E-state index is 13.5. The van der Waals surface area contributed by atoms with Gasteiger partial charge in [0.25, 0.3) is 10.0 Å². The summed E-state index contributed by atoms with van der Waals surface area (Å²) in [5.41, 5.74) is 1.14. The Labute approximate surface area is 176 Å². The normalized spacial score (nSPS) is 12.2. The van der Waals surface area contributed by atoms with Crippen molar-refractivity contribution >= 4 is 26.7 Å². The lowest BCUT2D eigenvalue weighted by atomic mass is 9.99. The maximum atomic E-state index is 13.5. The molecule has 0 spiro atoms. The van der Waals surface area contributed by atoms with E-state index in [4.69, 9.17) is 0 Å². The van der Waals surface area contributed by atoms with E-state index in [0.717, 1.165) is 9.54 Å². The fourth-order valence-corrected chi connectivity index (χ4v) is 4.91. The molecular formula is C23H23N3O3S. The fraction of sp³-hybridized carbons (Fsp3) is 0.217. The molecule has 0 saturated heterocycles. The van der Waals surface area contributed by atoms with Crippen molar-refractivity contribution in [2.75, 3.05) is 14.1 Å². The smallest absolute Gasteiger partial charge is 0.268 e. The van der Waals surface area contributed by atoms with E-state index in [1.807, 2.05) is 26.0 Å². The predicted molar refractivity (Wildman–Crippen MR) is 117 cm³/mol. The number of allylic oxidation sites excluding steroid dienone is 1. The molecule has 0 bridgehead atoms. The summed E-state index contributed by atoms with van der Waals surface area (Å²) in [5.74, 6) is -0.517. The van der Waals surface area contributed by atoms with Crippen LogP contribution in [0.4, 0.5) is 0 Å². The third-order valence-corrected chi connectivity index (χ3v) is 6.47. The quantitative estimate of drug-likeness (QED) is 0.339. The molecule has 0 aliphatic carbocycles. The van der Waals surface area contributed by atoms with Crippen molar-refractivity contribution in [3.8, 4) is 6.07 Å². The van der Waals surface area contributed by atoms with E-state index >= 15 is 0 Å². The molecule has 0 atom stereocenters. The Kier molecular flexibility index (Phi) is 5.81. The number of nitriles is 1. The van der Waals surface area contributed by atoms with E-state index in [9.17, 15) is 18.5 Å². The van der Waals surface area contributed by atoms with Crippen LogP contribution in [-0.4, -0.2) is 37.2 Å². The molecule has 0 radical (unpaired) electrons. The molecule has 2 aromatic carbocycles. The Morgan fingerprint density at radius 1 is 1.10 bits per heavy atom. The van der Waals surface area contributed by atoms with Gasteiger partial charge in [0, 0.05) is 25.7 Å². The highest BCUT2D eigenvalue weighted by Gasteiger charge is 2.29. The second kappa shape index (κ2) is 8.17. The number of benzene rings is 2. The molecule has 0 saturated carbocycles. The van der Waals surface area contributed by atoms with Crippen molar-refractivity contribution in [3.05, 3.63) is 77.6 Å². The van der Waals surface area contributed by atoms with Crippen LogP contribution in [0, 0.1) is 11.3 Å². The van der Waals surface area contributed by atoms with Crippen LogP contribution in [0.25, 0.3) is 10.9 Å². The van der Waals surface area contributed by atoms with Crippen LogP contribution in [0.1, 0.15) is 35.8 Å². The van der Waals surface area contributed by atoms with Crippen molar-refractivity contribution in [3.63, 3.8) is 0 Å². The Hall–Kier alpha value is -3.37. The fourth-order valence-electron chi connectivity index (χ4n) is 3.38. The van der Waals surface area contributed by atoms with Gasteiger partial charge in [0.15, 0.2) is 0 Å². The van der Waals surface area contributed by atoms with Gasteiger partial charge in [-0.2, -0.15) is 5.26 Å². The molecule has 0 fully saturated rings. The number of Topliss-reactive ketones (excluding diaryl/α,β-unsaturated/α-hetero) is 1. The number of nitrogens with zero attached hydrogens (tertiary/aromatic N) is 3. The van der Waals surface area contributed by atoms with Crippen molar-refractivity contribution in [2.45, 2.75) is 24.7 Å². The van der Waals surface area contributed by atoms with Crippen LogP contribution in [-0.2, 0) is 10.0 Å². The lowest BCUT2D eigenvalue weighted by molar-refractivity contribution is 0.103. The number of hydrogen-bond acceptors (Lipinski definition) is 5. The highest BCUT2D eigenvalue weighted by atomic mass is 32.2. The number of ketones is 1. The van der Waals surface area contributed by atoms with Crippen molar-refractivity contribution in [1.29, 1.82) is 5.26 Å². The Morgan fingerprint density at radius 3 is 2.33 bits per heavy atom. The van der Waals surface area contributed by atoms with E-state index in [2.05, 4.69) is 0 Å². The van der Waals surface area contributed by atoms with E-state index in [0.29, 0.717) is 10.9 Å². The van der Waals surface area contributed by atoms with E-state index in [1.54, 1.807) is 55.4 Å². The maximum Gasteiger partial charge on any atom is 0.268 e. The molecular weight excluding hydrogens is 398 g/mol.